The van der Waals surface area contributed by atoms with E-state index in [1.807, 2.05) is 30.3 Å². The highest BCUT2D eigenvalue weighted by Crippen LogP contribution is 2.26. The van der Waals surface area contributed by atoms with Gasteiger partial charge in [0.2, 0.25) is 5.91 Å². The Balaban J connectivity index is 1.63. The van der Waals surface area contributed by atoms with Crippen molar-refractivity contribution in [2.75, 3.05) is 18.5 Å². The first-order valence-corrected chi connectivity index (χ1v) is 7.01. The molecule has 20 heavy (non-hydrogen) atoms. The minimum absolute atomic E-state index is 0.147. The molecule has 2 saturated heterocycles. The van der Waals surface area contributed by atoms with Gasteiger partial charge in [0.1, 0.15) is 12.6 Å². The Bertz CT molecular complexity index is 503. The second-order valence-corrected chi connectivity index (χ2v) is 5.30. The molecule has 2 aliphatic heterocycles. The highest BCUT2D eigenvalue weighted by molar-refractivity contribution is 5.94. The summed E-state index contributed by atoms with van der Waals surface area (Å²) in [6.45, 7) is 1.35. The van der Waals surface area contributed by atoms with Crippen molar-refractivity contribution < 1.29 is 14.3 Å². The fourth-order valence-corrected chi connectivity index (χ4v) is 2.97. The van der Waals surface area contributed by atoms with Gasteiger partial charge in [0, 0.05) is 11.7 Å². The number of nitrogens with one attached hydrogen (secondary N) is 1. The summed E-state index contributed by atoms with van der Waals surface area (Å²) in [5.41, 5.74) is 0.750. The Morgan fingerprint density at radius 1 is 1.35 bits per heavy atom. The number of nitrogens with zero attached hydrogens (tertiary/aromatic N) is 1. The van der Waals surface area contributed by atoms with Crippen molar-refractivity contribution in [3.05, 3.63) is 30.3 Å². The summed E-state index contributed by atoms with van der Waals surface area (Å²) in [7, 11) is 0. The number of esters is 1. The molecular formula is C15H18N2O3. The van der Waals surface area contributed by atoms with Gasteiger partial charge in [-0.3, -0.25) is 14.5 Å². The summed E-state index contributed by atoms with van der Waals surface area (Å²) in [6.07, 6.45) is 2.27. The molecule has 0 spiro atoms. The lowest BCUT2D eigenvalue weighted by molar-refractivity contribution is -0.161. The van der Waals surface area contributed by atoms with Crippen LogP contribution in [0.25, 0.3) is 0 Å². The Morgan fingerprint density at radius 3 is 2.95 bits per heavy atom. The fraction of sp³-hybridized carbons (Fsp3) is 0.467. The van der Waals surface area contributed by atoms with E-state index in [9.17, 15) is 9.59 Å². The number of morpholine rings is 1. The molecule has 2 atom stereocenters. The van der Waals surface area contributed by atoms with E-state index in [4.69, 9.17) is 4.74 Å². The molecule has 1 N–H and O–H groups in total. The first kappa shape index (κ1) is 13.1. The number of hydrogen-bond acceptors (Lipinski definition) is 4. The zero-order valence-electron chi connectivity index (χ0n) is 11.2. The van der Waals surface area contributed by atoms with Crippen LogP contribution in [0.3, 0.4) is 0 Å². The van der Waals surface area contributed by atoms with Crippen LogP contribution in [0.1, 0.15) is 19.3 Å². The van der Waals surface area contributed by atoms with E-state index in [1.165, 1.54) is 0 Å². The number of anilines is 1. The number of rotatable bonds is 3. The number of benzene rings is 1. The Hall–Kier alpha value is -1.88. The van der Waals surface area contributed by atoms with Crippen LogP contribution in [0.4, 0.5) is 5.69 Å². The van der Waals surface area contributed by atoms with Gasteiger partial charge in [0.05, 0.1) is 6.42 Å². The lowest BCUT2D eigenvalue weighted by atomic mass is 10.1. The van der Waals surface area contributed by atoms with Crippen molar-refractivity contribution in [2.24, 2.45) is 0 Å². The van der Waals surface area contributed by atoms with Crippen molar-refractivity contribution in [3.8, 4) is 0 Å². The van der Waals surface area contributed by atoms with E-state index in [2.05, 4.69) is 10.2 Å². The molecule has 2 heterocycles. The number of amides is 1. The summed E-state index contributed by atoms with van der Waals surface area (Å²) in [6, 6.07) is 9.14. The van der Waals surface area contributed by atoms with Crippen LogP contribution >= 0.6 is 0 Å². The largest absolute Gasteiger partial charge is 0.463 e. The summed E-state index contributed by atoms with van der Waals surface area (Å²) < 4.78 is 5.19. The number of ether oxygens (including phenoxy) is 1. The van der Waals surface area contributed by atoms with Gasteiger partial charge in [-0.15, -0.1) is 0 Å². The maximum Gasteiger partial charge on any atom is 0.323 e. The molecule has 5 nitrogen and oxygen atoms in total. The highest BCUT2D eigenvalue weighted by atomic mass is 16.5. The van der Waals surface area contributed by atoms with Crippen molar-refractivity contribution in [1.82, 2.24) is 4.90 Å². The molecule has 1 amide bonds. The van der Waals surface area contributed by atoms with Crippen molar-refractivity contribution in [3.63, 3.8) is 0 Å². The standard InChI is InChI=1S/C15H18N2O3/c18-14(16-11-5-2-1-3-6-11)9-13-15(19)20-10-12-7-4-8-17(12)13/h1-3,5-6,12-13H,4,7-10H2,(H,16,18)/t12-,13-/m0/s1. The van der Waals surface area contributed by atoms with Crippen LogP contribution in [0.15, 0.2) is 30.3 Å². The fourth-order valence-electron chi connectivity index (χ4n) is 2.97. The van der Waals surface area contributed by atoms with E-state index >= 15 is 0 Å². The third-order valence-electron chi connectivity index (χ3n) is 3.95. The minimum atomic E-state index is -0.431. The molecular weight excluding hydrogens is 256 g/mol. The number of carbonyl (C=O) groups excluding carboxylic acids is 2. The predicted octanol–water partition coefficient (Wildman–Crippen LogP) is 1.40. The van der Waals surface area contributed by atoms with Gasteiger partial charge >= 0.3 is 5.97 Å². The highest BCUT2D eigenvalue weighted by Gasteiger charge is 2.41. The number of hydrogen-bond donors (Lipinski definition) is 1. The zero-order chi connectivity index (χ0) is 13.9. The monoisotopic (exact) mass is 274 g/mol. The Kier molecular flexibility index (Phi) is 3.69. The van der Waals surface area contributed by atoms with Gasteiger partial charge in [-0.2, -0.15) is 0 Å². The second-order valence-electron chi connectivity index (χ2n) is 5.30. The zero-order valence-corrected chi connectivity index (χ0v) is 11.2. The van der Waals surface area contributed by atoms with Gasteiger partial charge < -0.3 is 10.1 Å². The number of fused-ring (bicyclic) bond motifs is 1. The van der Waals surface area contributed by atoms with Crippen LogP contribution in [-0.4, -0.2) is 42.0 Å². The lowest BCUT2D eigenvalue weighted by Gasteiger charge is -2.35. The second kappa shape index (κ2) is 5.63. The number of cyclic esters (lactones) is 1. The average Bonchev–Trinajstić information content (AvgIpc) is 2.92. The van der Waals surface area contributed by atoms with E-state index < -0.39 is 6.04 Å². The molecule has 0 unspecified atom stereocenters. The molecule has 0 saturated carbocycles. The summed E-state index contributed by atoms with van der Waals surface area (Å²) in [5.74, 6) is -0.419. The lowest BCUT2D eigenvalue weighted by Crippen LogP contribution is -2.52. The van der Waals surface area contributed by atoms with Crippen molar-refractivity contribution in [1.29, 1.82) is 0 Å². The first-order valence-electron chi connectivity index (χ1n) is 7.01. The third-order valence-corrected chi connectivity index (χ3v) is 3.95. The molecule has 0 bridgehead atoms. The summed E-state index contributed by atoms with van der Waals surface area (Å²) >= 11 is 0. The predicted molar refractivity (Wildman–Crippen MR) is 74.2 cm³/mol. The Labute approximate surface area is 117 Å². The number of para-hydroxylation sites is 1. The molecule has 2 fully saturated rings. The quantitative estimate of drug-likeness (QED) is 0.847. The number of carbonyl (C=O) groups is 2. The van der Waals surface area contributed by atoms with Gasteiger partial charge in [0.15, 0.2) is 0 Å². The maximum atomic E-state index is 12.1. The summed E-state index contributed by atoms with van der Waals surface area (Å²) in [4.78, 5) is 26.1. The SMILES string of the molecule is O=C(C[C@H]1C(=O)OC[C@@H]2CCCN21)Nc1ccccc1. The van der Waals surface area contributed by atoms with E-state index in [-0.39, 0.29) is 18.3 Å². The van der Waals surface area contributed by atoms with Crippen molar-refractivity contribution >= 4 is 17.6 Å². The van der Waals surface area contributed by atoms with Crippen LogP contribution < -0.4 is 5.32 Å². The van der Waals surface area contributed by atoms with E-state index in [0.717, 1.165) is 25.1 Å². The molecule has 106 valence electrons. The van der Waals surface area contributed by atoms with Crippen LogP contribution in [0.2, 0.25) is 0 Å². The maximum absolute atomic E-state index is 12.1. The van der Waals surface area contributed by atoms with Gasteiger partial charge in [-0.25, -0.2) is 0 Å². The molecule has 0 radical (unpaired) electrons. The Morgan fingerprint density at radius 2 is 2.15 bits per heavy atom. The molecule has 0 aliphatic carbocycles. The van der Waals surface area contributed by atoms with Gasteiger partial charge in [-0.1, -0.05) is 18.2 Å². The third kappa shape index (κ3) is 2.67. The van der Waals surface area contributed by atoms with Crippen LogP contribution in [-0.2, 0) is 14.3 Å². The van der Waals surface area contributed by atoms with Gasteiger partial charge in [-0.05, 0) is 31.5 Å². The van der Waals surface area contributed by atoms with Crippen LogP contribution in [0, 0.1) is 0 Å². The van der Waals surface area contributed by atoms with Crippen LogP contribution in [0.5, 0.6) is 0 Å². The van der Waals surface area contributed by atoms with E-state index in [0.29, 0.717) is 12.6 Å². The average molecular weight is 274 g/mol. The molecule has 3 rings (SSSR count). The summed E-state index contributed by atoms with van der Waals surface area (Å²) in [5, 5.41) is 2.82. The first-order chi connectivity index (χ1) is 9.74. The molecule has 5 heteroatoms. The van der Waals surface area contributed by atoms with E-state index in [1.54, 1.807) is 0 Å². The molecule has 1 aromatic carbocycles. The normalized spacial score (nSPS) is 25.9. The molecule has 0 aromatic heterocycles. The molecule has 1 aromatic rings. The smallest absolute Gasteiger partial charge is 0.323 e. The van der Waals surface area contributed by atoms with Gasteiger partial charge in [0.25, 0.3) is 0 Å². The minimum Gasteiger partial charge on any atom is -0.463 e. The van der Waals surface area contributed by atoms with Crippen molar-refractivity contribution in [2.45, 2.75) is 31.3 Å². The topological polar surface area (TPSA) is 58.6 Å². The molecule has 2 aliphatic rings.